The van der Waals surface area contributed by atoms with Crippen molar-refractivity contribution in [3.8, 4) is 0 Å². The molecular weight excluding hydrogens is 432 g/mol. The molecule has 0 saturated carbocycles. The van der Waals surface area contributed by atoms with Crippen molar-refractivity contribution in [1.29, 1.82) is 0 Å². The second kappa shape index (κ2) is 8.84. The van der Waals surface area contributed by atoms with Gasteiger partial charge in [-0.3, -0.25) is 19.4 Å². The zero-order chi connectivity index (χ0) is 23.0. The van der Waals surface area contributed by atoms with Crippen LogP contribution in [0.2, 0.25) is 0 Å². The second-order valence-electron chi connectivity index (χ2n) is 9.02. The summed E-state index contributed by atoms with van der Waals surface area (Å²) >= 11 is 0. The van der Waals surface area contributed by atoms with Crippen LogP contribution in [0.5, 0.6) is 0 Å². The molecule has 3 N–H and O–H groups in total. The molecule has 2 aliphatic rings. The zero-order valence-corrected chi connectivity index (χ0v) is 19.2. The number of hydrogen-bond donors (Lipinski definition) is 3. The third-order valence-corrected chi connectivity index (χ3v) is 8.22. The van der Waals surface area contributed by atoms with Gasteiger partial charge in [-0.05, 0) is 24.6 Å². The summed E-state index contributed by atoms with van der Waals surface area (Å²) in [6, 6.07) is 4.66. The molecule has 4 rings (SSSR count). The molecule has 2 saturated heterocycles. The van der Waals surface area contributed by atoms with Crippen LogP contribution in [-0.4, -0.2) is 83.9 Å². The van der Waals surface area contributed by atoms with E-state index in [1.54, 1.807) is 12.3 Å². The number of rotatable bonds is 6. The molecule has 2 fully saturated rings. The first kappa shape index (κ1) is 22.8. The van der Waals surface area contributed by atoms with Gasteiger partial charge in [0, 0.05) is 66.5 Å². The lowest BCUT2D eigenvalue weighted by Gasteiger charge is -2.40. The first-order valence-electron chi connectivity index (χ1n) is 11.0. The highest BCUT2D eigenvalue weighted by Gasteiger charge is 2.37. The number of nitrogens with zero attached hydrogens (tertiary/aromatic N) is 2. The summed E-state index contributed by atoms with van der Waals surface area (Å²) in [7, 11) is -2.95. The second-order valence-corrected chi connectivity index (χ2v) is 11.2. The topological polar surface area (TPSA) is 123 Å². The van der Waals surface area contributed by atoms with E-state index >= 15 is 0 Å². The minimum absolute atomic E-state index is 0.0330. The standard InChI is InChI=1S/C22H30N4O5S/c1-14(2)21(27)24-15-3-4-19-17(11-15)18(12-23-19)20(22(28)29)26-8-6-25(7-9-26)16-5-10-32(30,31)13-16/h3-4,11-12,14,16,20,23H,5-10,13H2,1-2H3,(H,24,27)(H,28,29)/t16-,20+/m0/s1. The fourth-order valence-corrected chi connectivity index (χ4v) is 6.40. The average Bonchev–Trinajstić information content (AvgIpc) is 3.31. The van der Waals surface area contributed by atoms with Gasteiger partial charge in [-0.1, -0.05) is 13.8 Å². The number of aromatic nitrogens is 1. The molecule has 1 aromatic carbocycles. The van der Waals surface area contributed by atoms with Gasteiger partial charge in [-0.25, -0.2) is 8.42 Å². The van der Waals surface area contributed by atoms with Crippen LogP contribution in [0.15, 0.2) is 24.4 Å². The summed E-state index contributed by atoms with van der Waals surface area (Å²) in [5, 5.41) is 13.7. The van der Waals surface area contributed by atoms with Crippen LogP contribution < -0.4 is 5.32 Å². The number of nitrogens with one attached hydrogen (secondary N) is 2. The van der Waals surface area contributed by atoms with Crippen LogP contribution in [0, 0.1) is 5.92 Å². The highest BCUT2D eigenvalue weighted by molar-refractivity contribution is 7.91. The molecule has 3 heterocycles. The highest BCUT2D eigenvalue weighted by Crippen LogP contribution is 2.32. The van der Waals surface area contributed by atoms with Gasteiger partial charge >= 0.3 is 5.97 Å². The number of H-pyrrole nitrogens is 1. The number of hydrogen-bond acceptors (Lipinski definition) is 6. The Bertz CT molecular complexity index is 1120. The number of piperazine rings is 1. The predicted molar refractivity (Wildman–Crippen MR) is 122 cm³/mol. The first-order valence-corrected chi connectivity index (χ1v) is 12.8. The lowest BCUT2D eigenvalue weighted by Crippen LogP contribution is -2.52. The Morgan fingerprint density at radius 2 is 1.91 bits per heavy atom. The molecule has 0 bridgehead atoms. The van der Waals surface area contributed by atoms with Crippen molar-refractivity contribution in [1.82, 2.24) is 14.8 Å². The molecule has 2 aliphatic heterocycles. The Hall–Kier alpha value is -2.43. The summed E-state index contributed by atoms with van der Waals surface area (Å²) < 4.78 is 23.6. The summed E-state index contributed by atoms with van der Waals surface area (Å²) in [6.07, 6.45) is 2.38. The molecule has 9 nitrogen and oxygen atoms in total. The number of carboxylic acids is 1. The van der Waals surface area contributed by atoms with E-state index in [1.807, 2.05) is 30.9 Å². The number of sulfone groups is 1. The van der Waals surface area contributed by atoms with Crippen LogP contribution in [0.1, 0.15) is 31.9 Å². The quantitative estimate of drug-likeness (QED) is 0.597. The third-order valence-electron chi connectivity index (χ3n) is 6.47. The molecule has 1 amide bonds. The zero-order valence-electron chi connectivity index (χ0n) is 18.4. The Labute approximate surface area is 187 Å². The van der Waals surface area contributed by atoms with Crippen molar-refractivity contribution < 1.29 is 23.1 Å². The minimum atomic E-state index is -2.95. The largest absolute Gasteiger partial charge is 0.480 e. The maximum absolute atomic E-state index is 12.3. The maximum Gasteiger partial charge on any atom is 0.325 e. The number of carbonyl (C=O) groups excluding carboxylic acids is 1. The molecule has 0 spiro atoms. The number of carboxylic acid groups (broad SMARTS) is 1. The third kappa shape index (κ3) is 4.67. The van der Waals surface area contributed by atoms with Gasteiger partial charge in [0.2, 0.25) is 5.91 Å². The van der Waals surface area contributed by atoms with Crippen LogP contribution in [0.25, 0.3) is 10.9 Å². The Kier molecular flexibility index (Phi) is 6.28. The van der Waals surface area contributed by atoms with Crippen LogP contribution in [-0.2, 0) is 19.4 Å². The van der Waals surface area contributed by atoms with Gasteiger partial charge in [0.25, 0.3) is 0 Å². The Morgan fingerprint density at radius 1 is 1.19 bits per heavy atom. The number of benzene rings is 1. The van der Waals surface area contributed by atoms with Crippen molar-refractivity contribution >= 4 is 38.3 Å². The molecule has 2 aromatic rings. The van der Waals surface area contributed by atoms with E-state index in [9.17, 15) is 23.1 Å². The van der Waals surface area contributed by atoms with E-state index < -0.39 is 21.8 Å². The fraction of sp³-hybridized carbons (Fsp3) is 0.545. The van der Waals surface area contributed by atoms with Gasteiger partial charge in [-0.2, -0.15) is 0 Å². The number of aliphatic carboxylic acids is 1. The van der Waals surface area contributed by atoms with Gasteiger partial charge in [-0.15, -0.1) is 0 Å². The lowest BCUT2D eigenvalue weighted by atomic mass is 10.0. The average molecular weight is 463 g/mol. The van der Waals surface area contributed by atoms with E-state index in [0.717, 1.165) is 10.9 Å². The molecule has 32 heavy (non-hydrogen) atoms. The molecular formula is C22H30N4O5S. The van der Waals surface area contributed by atoms with Crippen LogP contribution >= 0.6 is 0 Å². The lowest BCUT2D eigenvalue weighted by molar-refractivity contribution is -0.144. The molecule has 174 valence electrons. The van der Waals surface area contributed by atoms with Gasteiger partial charge in [0.15, 0.2) is 9.84 Å². The van der Waals surface area contributed by atoms with Crippen LogP contribution in [0.3, 0.4) is 0 Å². The number of aromatic amines is 1. The number of amides is 1. The highest BCUT2D eigenvalue weighted by atomic mass is 32.2. The molecule has 0 unspecified atom stereocenters. The van der Waals surface area contributed by atoms with Crippen molar-refractivity contribution in [2.75, 3.05) is 43.0 Å². The molecule has 0 radical (unpaired) electrons. The fourth-order valence-electron chi connectivity index (χ4n) is 4.64. The smallest absolute Gasteiger partial charge is 0.325 e. The number of anilines is 1. The molecule has 0 aliphatic carbocycles. The summed E-state index contributed by atoms with van der Waals surface area (Å²) in [4.78, 5) is 31.6. The van der Waals surface area contributed by atoms with E-state index in [0.29, 0.717) is 43.9 Å². The SMILES string of the molecule is CC(C)C(=O)Nc1ccc2[nH]cc([C@H](C(=O)O)N3CCN([C@H]4CCS(=O)(=O)C4)CC3)c2c1. The van der Waals surface area contributed by atoms with Crippen molar-refractivity contribution in [3.05, 3.63) is 30.0 Å². The van der Waals surface area contributed by atoms with E-state index in [4.69, 9.17) is 0 Å². The van der Waals surface area contributed by atoms with Gasteiger partial charge in [0.1, 0.15) is 6.04 Å². The number of fused-ring (bicyclic) bond motifs is 1. The molecule has 10 heteroatoms. The Balaban J connectivity index is 1.53. The van der Waals surface area contributed by atoms with Gasteiger partial charge in [0.05, 0.1) is 11.5 Å². The van der Waals surface area contributed by atoms with Gasteiger partial charge < -0.3 is 15.4 Å². The van der Waals surface area contributed by atoms with Crippen molar-refractivity contribution in [3.63, 3.8) is 0 Å². The predicted octanol–water partition coefficient (Wildman–Crippen LogP) is 1.69. The first-order chi connectivity index (χ1) is 15.1. The Morgan fingerprint density at radius 3 is 2.50 bits per heavy atom. The van der Waals surface area contributed by atoms with Crippen molar-refractivity contribution in [2.24, 2.45) is 5.92 Å². The molecule has 1 aromatic heterocycles. The summed E-state index contributed by atoms with van der Waals surface area (Å²) in [5.41, 5.74) is 2.10. The van der Waals surface area contributed by atoms with E-state index in [-0.39, 0.29) is 29.4 Å². The van der Waals surface area contributed by atoms with Crippen LogP contribution in [0.4, 0.5) is 5.69 Å². The van der Waals surface area contributed by atoms with Crippen molar-refractivity contribution in [2.45, 2.75) is 32.4 Å². The molecule has 2 atom stereocenters. The maximum atomic E-state index is 12.3. The minimum Gasteiger partial charge on any atom is -0.480 e. The monoisotopic (exact) mass is 462 g/mol. The van der Waals surface area contributed by atoms with E-state index in [1.165, 1.54) is 0 Å². The summed E-state index contributed by atoms with van der Waals surface area (Å²) in [5.74, 6) is -0.751. The normalized spacial score (nSPS) is 22.9. The summed E-state index contributed by atoms with van der Waals surface area (Å²) in [6.45, 7) is 6.01. The number of carbonyl (C=O) groups is 2. The van der Waals surface area contributed by atoms with E-state index in [2.05, 4.69) is 15.2 Å².